The van der Waals surface area contributed by atoms with Crippen molar-refractivity contribution in [2.75, 3.05) is 12.4 Å². The van der Waals surface area contributed by atoms with Crippen molar-refractivity contribution < 1.29 is 0 Å². The minimum atomic E-state index is 0.434. The number of nitrogens with one attached hydrogen (secondary N) is 2. The van der Waals surface area contributed by atoms with Crippen LogP contribution in [0.25, 0.3) is 5.95 Å². The zero-order chi connectivity index (χ0) is 13.9. The van der Waals surface area contributed by atoms with E-state index in [0.717, 1.165) is 5.82 Å². The smallest absolute Gasteiger partial charge is 0.256 e. The quantitative estimate of drug-likeness (QED) is 0.721. The zero-order valence-electron chi connectivity index (χ0n) is 10.8. The van der Waals surface area contributed by atoms with Crippen molar-refractivity contribution in [2.24, 2.45) is 0 Å². The second-order valence-electron chi connectivity index (χ2n) is 3.75. The molecule has 3 rings (SSSR count). The highest BCUT2D eigenvalue weighted by molar-refractivity contribution is 7.99. The third kappa shape index (κ3) is 2.59. The van der Waals surface area contributed by atoms with Crippen molar-refractivity contribution in [2.45, 2.75) is 17.2 Å². The molecule has 102 valence electrons. The molecule has 0 unspecified atom stereocenters. The van der Waals surface area contributed by atoms with Gasteiger partial charge in [0.2, 0.25) is 16.3 Å². The van der Waals surface area contributed by atoms with Gasteiger partial charge < -0.3 is 5.32 Å². The number of aromatic nitrogens is 8. The summed E-state index contributed by atoms with van der Waals surface area (Å²) < 4.78 is 1.57. The molecule has 0 aliphatic rings. The summed E-state index contributed by atoms with van der Waals surface area (Å²) in [5.41, 5.74) is 0. The van der Waals surface area contributed by atoms with Crippen LogP contribution in [-0.4, -0.2) is 47.0 Å². The molecule has 0 saturated heterocycles. The summed E-state index contributed by atoms with van der Waals surface area (Å²) in [4.78, 5) is 17.0. The predicted octanol–water partition coefficient (Wildman–Crippen LogP) is 0.677. The molecule has 0 aromatic carbocycles. The maximum Gasteiger partial charge on any atom is 0.256 e. The predicted molar refractivity (Wildman–Crippen MR) is 71.7 cm³/mol. The number of hydrogen-bond acceptors (Lipinski definition) is 8. The molecule has 3 aromatic heterocycles. The first kappa shape index (κ1) is 12.5. The van der Waals surface area contributed by atoms with Crippen molar-refractivity contribution in [3.05, 3.63) is 24.3 Å². The summed E-state index contributed by atoms with van der Waals surface area (Å²) in [5.74, 6) is 1.63. The fourth-order valence-corrected chi connectivity index (χ4v) is 2.14. The molecule has 20 heavy (non-hydrogen) atoms. The Bertz CT molecular complexity index is 705. The van der Waals surface area contributed by atoms with Crippen molar-refractivity contribution >= 4 is 17.7 Å². The SMILES string of the molecule is CNc1nc(Sc2n[nH]c(C)n2)nc(-n2cccn2)n1. The van der Waals surface area contributed by atoms with E-state index in [1.165, 1.54) is 11.8 Å². The van der Waals surface area contributed by atoms with Crippen LogP contribution in [0.5, 0.6) is 0 Å². The van der Waals surface area contributed by atoms with Crippen LogP contribution in [0, 0.1) is 6.92 Å². The molecule has 0 bridgehead atoms. The van der Waals surface area contributed by atoms with E-state index in [-0.39, 0.29) is 0 Å². The average molecular weight is 289 g/mol. The first-order valence-electron chi connectivity index (χ1n) is 5.75. The molecule has 0 aliphatic carbocycles. The van der Waals surface area contributed by atoms with Crippen LogP contribution in [0.4, 0.5) is 5.95 Å². The lowest BCUT2D eigenvalue weighted by molar-refractivity contribution is 0.761. The Hall–Kier alpha value is -2.49. The normalized spacial score (nSPS) is 10.7. The van der Waals surface area contributed by atoms with Gasteiger partial charge in [0.25, 0.3) is 5.95 Å². The highest BCUT2D eigenvalue weighted by Crippen LogP contribution is 2.22. The van der Waals surface area contributed by atoms with Crippen LogP contribution in [0.3, 0.4) is 0 Å². The Morgan fingerprint density at radius 3 is 2.75 bits per heavy atom. The first-order chi connectivity index (χ1) is 9.74. The summed E-state index contributed by atoms with van der Waals surface area (Å²) in [6, 6.07) is 1.80. The Kier molecular flexibility index (Phi) is 3.29. The molecule has 0 radical (unpaired) electrons. The Morgan fingerprint density at radius 1 is 1.20 bits per heavy atom. The molecule has 9 nitrogen and oxygen atoms in total. The first-order valence-corrected chi connectivity index (χ1v) is 6.57. The van der Waals surface area contributed by atoms with E-state index in [1.54, 1.807) is 30.2 Å². The molecule has 0 atom stereocenters. The van der Waals surface area contributed by atoms with Crippen molar-refractivity contribution in [1.82, 2.24) is 39.9 Å². The minimum absolute atomic E-state index is 0.434. The van der Waals surface area contributed by atoms with Gasteiger partial charge in [-0.25, -0.2) is 9.67 Å². The summed E-state index contributed by atoms with van der Waals surface area (Å²) in [5, 5.41) is 14.9. The van der Waals surface area contributed by atoms with Gasteiger partial charge in [0, 0.05) is 19.4 Å². The van der Waals surface area contributed by atoms with E-state index in [1.807, 2.05) is 6.92 Å². The van der Waals surface area contributed by atoms with Crippen LogP contribution in [0.2, 0.25) is 0 Å². The van der Waals surface area contributed by atoms with Gasteiger partial charge >= 0.3 is 0 Å². The highest BCUT2D eigenvalue weighted by atomic mass is 32.2. The second-order valence-corrected chi connectivity index (χ2v) is 4.68. The van der Waals surface area contributed by atoms with E-state index in [0.29, 0.717) is 22.2 Å². The summed E-state index contributed by atoms with van der Waals surface area (Å²) in [7, 11) is 1.74. The third-order valence-corrected chi connectivity index (χ3v) is 3.03. The maximum absolute atomic E-state index is 4.34. The number of aromatic amines is 1. The minimum Gasteiger partial charge on any atom is -0.357 e. The number of hydrogen-bond donors (Lipinski definition) is 2. The average Bonchev–Trinajstić information content (AvgIpc) is 3.10. The van der Waals surface area contributed by atoms with E-state index in [9.17, 15) is 0 Å². The van der Waals surface area contributed by atoms with Crippen LogP contribution < -0.4 is 5.32 Å². The van der Waals surface area contributed by atoms with Crippen LogP contribution in [0.15, 0.2) is 28.8 Å². The molecule has 0 aliphatic heterocycles. The molecular weight excluding hydrogens is 278 g/mol. The molecule has 0 spiro atoms. The van der Waals surface area contributed by atoms with Crippen molar-refractivity contribution in [3.63, 3.8) is 0 Å². The van der Waals surface area contributed by atoms with Gasteiger partial charge in [-0.05, 0) is 24.8 Å². The van der Waals surface area contributed by atoms with E-state index in [4.69, 9.17) is 0 Å². The lowest BCUT2D eigenvalue weighted by atomic mass is 10.7. The number of rotatable bonds is 4. The number of aryl methyl sites for hydroxylation is 1. The topological polar surface area (TPSA) is 110 Å². The second kappa shape index (κ2) is 5.25. The lowest BCUT2D eigenvalue weighted by Crippen LogP contribution is -2.07. The number of anilines is 1. The van der Waals surface area contributed by atoms with Gasteiger partial charge in [-0.2, -0.15) is 20.1 Å². The summed E-state index contributed by atoms with van der Waals surface area (Å²) >= 11 is 1.25. The summed E-state index contributed by atoms with van der Waals surface area (Å²) in [6.07, 6.45) is 3.43. The Labute approximate surface area is 118 Å². The fourth-order valence-electron chi connectivity index (χ4n) is 1.44. The standard InChI is InChI=1S/C10H11N9S/c1-6-13-10(18-17-6)20-9-15-7(11-2)14-8(16-9)19-5-3-4-12-19/h3-5H,1-2H3,(H,13,17,18)(H,11,14,15,16). The van der Waals surface area contributed by atoms with Gasteiger partial charge in [0.1, 0.15) is 5.82 Å². The third-order valence-electron chi connectivity index (χ3n) is 2.30. The fraction of sp³-hybridized carbons (Fsp3) is 0.200. The number of H-pyrrole nitrogens is 1. The Balaban J connectivity index is 1.96. The van der Waals surface area contributed by atoms with Gasteiger partial charge in [-0.1, -0.05) is 0 Å². The van der Waals surface area contributed by atoms with Crippen molar-refractivity contribution in [3.8, 4) is 5.95 Å². The monoisotopic (exact) mass is 289 g/mol. The molecule has 0 saturated carbocycles. The molecular formula is C10H11N9S. The highest BCUT2D eigenvalue weighted by Gasteiger charge is 2.11. The van der Waals surface area contributed by atoms with E-state index in [2.05, 4.69) is 40.5 Å². The van der Waals surface area contributed by atoms with Crippen LogP contribution in [0.1, 0.15) is 5.82 Å². The van der Waals surface area contributed by atoms with E-state index >= 15 is 0 Å². The van der Waals surface area contributed by atoms with Gasteiger partial charge in [-0.15, -0.1) is 5.10 Å². The Morgan fingerprint density at radius 2 is 2.10 bits per heavy atom. The molecule has 0 fully saturated rings. The van der Waals surface area contributed by atoms with Gasteiger partial charge in [-0.3, -0.25) is 5.10 Å². The van der Waals surface area contributed by atoms with E-state index < -0.39 is 0 Å². The molecule has 10 heteroatoms. The summed E-state index contributed by atoms with van der Waals surface area (Å²) in [6.45, 7) is 1.83. The lowest BCUT2D eigenvalue weighted by Gasteiger charge is -2.04. The largest absolute Gasteiger partial charge is 0.357 e. The molecule has 0 amide bonds. The van der Waals surface area contributed by atoms with Crippen LogP contribution in [-0.2, 0) is 0 Å². The van der Waals surface area contributed by atoms with Crippen molar-refractivity contribution in [1.29, 1.82) is 0 Å². The van der Waals surface area contributed by atoms with Crippen LogP contribution >= 0.6 is 11.8 Å². The number of nitrogens with zero attached hydrogens (tertiary/aromatic N) is 7. The maximum atomic E-state index is 4.34. The molecule has 3 aromatic rings. The van der Waals surface area contributed by atoms with Gasteiger partial charge in [0.05, 0.1) is 0 Å². The van der Waals surface area contributed by atoms with Gasteiger partial charge in [0.15, 0.2) is 0 Å². The molecule has 2 N–H and O–H groups in total. The molecule has 3 heterocycles. The zero-order valence-corrected chi connectivity index (χ0v) is 11.6.